The Labute approximate surface area is 110 Å². The molecule has 2 aromatic rings. The Kier molecular flexibility index (Phi) is 2.91. The highest BCUT2D eigenvalue weighted by Crippen LogP contribution is 2.28. The van der Waals surface area contributed by atoms with Crippen molar-refractivity contribution in [1.82, 2.24) is 20.4 Å². The quantitative estimate of drug-likeness (QED) is 0.913. The van der Waals surface area contributed by atoms with Crippen LogP contribution in [-0.2, 0) is 11.8 Å². The molecule has 6 heteroatoms. The van der Waals surface area contributed by atoms with Gasteiger partial charge in [-0.25, -0.2) is 4.98 Å². The molecular formula is C12H16N4OS. The fourth-order valence-corrected chi connectivity index (χ4v) is 2.83. The van der Waals surface area contributed by atoms with Crippen LogP contribution in [0.2, 0.25) is 0 Å². The van der Waals surface area contributed by atoms with Crippen molar-refractivity contribution >= 4 is 11.3 Å². The Hall–Kier alpha value is -1.27. The number of rotatable bonds is 3. The summed E-state index contributed by atoms with van der Waals surface area (Å²) in [5.41, 5.74) is 1.00. The fraction of sp³-hybridized carbons (Fsp3) is 0.583. The van der Waals surface area contributed by atoms with E-state index in [2.05, 4.69) is 27.4 Å². The van der Waals surface area contributed by atoms with Crippen LogP contribution < -0.4 is 5.32 Å². The molecule has 0 radical (unpaired) electrons. The maximum atomic E-state index is 5.41. The smallest absolute Gasteiger partial charge is 0.233 e. The molecule has 1 N–H and O–H groups in total. The first-order valence-electron chi connectivity index (χ1n) is 6.10. The lowest BCUT2D eigenvalue weighted by atomic mass is 9.90. The lowest BCUT2D eigenvalue weighted by Crippen LogP contribution is -2.25. The summed E-state index contributed by atoms with van der Waals surface area (Å²) >= 11 is 1.65. The Morgan fingerprint density at radius 3 is 3.06 bits per heavy atom. The molecule has 1 atom stereocenters. The standard InChI is InChI=1S/C12H16N4OS/c1-8-14-9(6-18-8)5-10-15-11(17-16-10)12(2)3-4-13-7-12/h6,13H,3-5,7H2,1-2H3. The van der Waals surface area contributed by atoms with E-state index in [0.29, 0.717) is 6.42 Å². The molecular weight excluding hydrogens is 248 g/mol. The highest BCUT2D eigenvalue weighted by atomic mass is 32.1. The van der Waals surface area contributed by atoms with Crippen LogP contribution in [0.25, 0.3) is 0 Å². The molecule has 3 rings (SSSR count). The van der Waals surface area contributed by atoms with Crippen molar-refractivity contribution in [1.29, 1.82) is 0 Å². The zero-order valence-electron chi connectivity index (χ0n) is 10.6. The van der Waals surface area contributed by atoms with E-state index >= 15 is 0 Å². The van der Waals surface area contributed by atoms with E-state index < -0.39 is 0 Å². The number of hydrogen-bond donors (Lipinski definition) is 1. The first-order chi connectivity index (χ1) is 8.66. The highest BCUT2D eigenvalue weighted by molar-refractivity contribution is 7.09. The molecule has 18 heavy (non-hydrogen) atoms. The molecule has 1 aliphatic rings. The van der Waals surface area contributed by atoms with Crippen molar-refractivity contribution in [2.75, 3.05) is 13.1 Å². The summed E-state index contributed by atoms with van der Waals surface area (Å²) in [7, 11) is 0. The fourth-order valence-electron chi connectivity index (χ4n) is 2.22. The highest BCUT2D eigenvalue weighted by Gasteiger charge is 2.36. The molecule has 0 amide bonds. The zero-order valence-corrected chi connectivity index (χ0v) is 11.4. The van der Waals surface area contributed by atoms with E-state index in [0.717, 1.165) is 41.9 Å². The van der Waals surface area contributed by atoms with Gasteiger partial charge in [-0.1, -0.05) is 5.16 Å². The molecule has 0 aromatic carbocycles. The van der Waals surface area contributed by atoms with E-state index in [1.807, 2.05) is 12.3 Å². The van der Waals surface area contributed by atoms with Gasteiger partial charge in [0.25, 0.3) is 0 Å². The second kappa shape index (κ2) is 4.44. The maximum absolute atomic E-state index is 5.41. The summed E-state index contributed by atoms with van der Waals surface area (Å²) < 4.78 is 5.41. The van der Waals surface area contributed by atoms with E-state index in [9.17, 15) is 0 Å². The van der Waals surface area contributed by atoms with Gasteiger partial charge >= 0.3 is 0 Å². The van der Waals surface area contributed by atoms with E-state index in [4.69, 9.17) is 4.52 Å². The van der Waals surface area contributed by atoms with Gasteiger partial charge in [0.2, 0.25) is 5.89 Å². The second-order valence-corrected chi connectivity index (χ2v) is 6.10. The van der Waals surface area contributed by atoms with Crippen LogP contribution in [0.4, 0.5) is 0 Å². The van der Waals surface area contributed by atoms with Crippen molar-refractivity contribution in [3.05, 3.63) is 27.8 Å². The molecule has 1 saturated heterocycles. The van der Waals surface area contributed by atoms with Crippen LogP contribution in [0, 0.1) is 6.92 Å². The molecule has 1 unspecified atom stereocenters. The van der Waals surface area contributed by atoms with Crippen molar-refractivity contribution in [2.45, 2.75) is 32.1 Å². The average Bonchev–Trinajstić information content (AvgIpc) is 3.02. The van der Waals surface area contributed by atoms with Crippen molar-refractivity contribution < 1.29 is 4.52 Å². The summed E-state index contributed by atoms with van der Waals surface area (Å²) in [4.78, 5) is 8.93. The summed E-state index contributed by atoms with van der Waals surface area (Å²) in [5, 5.41) is 10.5. The molecule has 3 heterocycles. The third-order valence-corrected chi connectivity index (χ3v) is 4.18. The van der Waals surface area contributed by atoms with Gasteiger partial charge in [0.15, 0.2) is 5.82 Å². The number of aryl methyl sites for hydroxylation is 1. The molecule has 1 fully saturated rings. The second-order valence-electron chi connectivity index (χ2n) is 5.04. The van der Waals surface area contributed by atoms with Crippen molar-refractivity contribution in [3.63, 3.8) is 0 Å². The molecule has 1 aliphatic heterocycles. The Morgan fingerprint density at radius 1 is 1.50 bits per heavy atom. The van der Waals surface area contributed by atoms with Gasteiger partial charge in [-0.2, -0.15) is 4.98 Å². The number of nitrogens with zero attached hydrogens (tertiary/aromatic N) is 3. The van der Waals surface area contributed by atoms with E-state index in [1.165, 1.54) is 0 Å². The van der Waals surface area contributed by atoms with Crippen LogP contribution in [0.3, 0.4) is 0 Å². The SMILES string of the molecule is Cc1nc(Cc2noc(C3(C)CCNC3)n2)cs1. The summed E-state index contributed by atoms with van der Waals surface area (Å²) in [5.74, 6) is 1.47. The molecule has 0 saturated carbocycles. The monoisotopic (exact) mass is 264 g/mol. The van der Waals surface area contributed by atoms with Crippen molar-refractivity contribution in [2.24, 2.45) is 0 Å². The average molecular weight is 264 g/mol. The van der Waals surface area contributed by atoms with Gasteiger partial charge in [0.1, 0.15) is 0 Å². The third kappa shape index (κ3) is 2.18. The van der Waals surface area contributed by atoms with E-state index in [-0.39, 0.29) is 5.41 Å². The number of thiazole rings is 1. The Balaban J connectivity index is 1.77. The third-order valence-electron chi connectivity index (χ3n) is 3.36. The zero-order chi connectivity index (χ0) is 12.6. The molecule has 96 valence electrons. The van der Waals surface area contributed by atoms with Crippen molar-refractivity contribution in [3.8, 4) is 0 Å². The largest absolute Gasteiger partial charge is 0.339 e. The minimum absolute atomic E-state index is 0.0107. The normalized spacial score (nSPS) is 23.7. The predicted octanol–water partition coefficient (Wildman–Crippen LogP) is 1.68. The van der Waals surface area contributed by atoms with Crippen LogP contribution in [0.1, 0.15) is 35.8 Å². The van der Waals surface area contributed by atoms with Gasteiger partial charge in [-0.3, -0.25) is 0 Å². The van der Waals surface area contributed by atoms with Gasteiger partial charge < -0.3 is 9.84 Å². The lowest BCUT2D eigenvalue weighted by molar-refractivity contribution is 0.304. The summed E-state index contributed by atoms with van der Waals surface area (Å²) in [6.45, 7) is 6.09. The number of hydrogen-bond acceptors (Lipinski definition) is 6. The molecule has 2 aromatic heterocycles. The van der Waals surface area contributed by atoms with Gasteiger partial charge in [-0.05, 0) is 26.8 Å². The maximum Gasteiger partial charge on any atom is 0.233 e. The van der Waals surface area contributed by atoms with Gasteiger partial charge in [0.05, 0.1) is 22.5 Å². The minimum atomic E-state index is -0.0107. The van der Waals surface area contributed by atoms with Crippen LogP contribution >= 0.6 is 11.3 Å². The minimum Gasteiger partial charge on any atom is -0.339 e. The first-order valence-corrected chi connectivity index (χ1v) is 6.98. The summed E-state index contributed by atoms with van der Waals surface area (Å²) in [6.07, 6.45) is 1.70. The summed E-state index contributed by atoms with van der Waals surface area (Å²) in [6, 6.07) is 0. The lowest BCUT2D eigenvalue weighted by Gasteiger charge is -2.15. The molecule has 0 bridgehead atoms. The molecule has 0 spiro atoms. The van der Waals surface area contributed by atoms with E-state index in [1.54, 1.807) is 11.3 Å². The predicted molar refractivity (Wildman–Crippen MR) is 68.8 cm³/mol. The molecule has 0 aliphatic carbocycles. The topological polar surface area (TPSA) is 63.8 Å². The number of aromatic nitrogens is 3. The van der Waals surface area contributed by atoms with Gasteiger partial charge in [0, 0.05) is 11.9 Å². The number of nitrogens with one attached hydrogen (secondary N) is 1. The van der Waals surface area contributed by atoms with Crippen LogP contribution in [-0.4, -0.2) is 28.2 Å². The Bertz CT molecular complexity index is 542. The van der Waals surface area contributed by atoms with Gasteiger partial charge in [-0.15, -0.1) is 11.3 Å². The Morgan fingerprint density at radius 2 is 2.39 bits per heavy atom. The van der Waals surface area contributed by atoms with Crippen LogP contribution in [0.15, 0.2) is 9.90 Å². The first kappa shape index (κ1) is 11.8. The van der Waals surface area contributed by atoms with Crippen LogP contribution in [0.5, 0.6) is 0 Å². The molecule has 5 nitrogen and oxygen atoms in total.